The molecule has 4 heterocycles. The summed E-state index contributed by atoms with van der Waals surface area (Å²) in [5, 5.41) is 16.5. The van der Waals surface area contributed by atoms with Crippen molar-refractivity contribution in [2.24, 2.45) is 0 Å². The molecule has 0 bridgehead atoms. The van der Waals surface area contributed by atoms with Gasteiger partial charge in [-0.1, -0.05) is 5.16 Å². The predicted octanol–water partition coefficient (Wildman–Crippen LogP) is 2.66. The number of carbonyl (C=O) groups excluding carboxylic acids is 1. The average molecular weight is 393 g/mol. The van der Waals surface area contributed by atoms with Crippen LogP contribution in [0.3, 0.4) is 0 Å². The minimum Gasteiger partial charge on any atom is -0.350 e. The molecule has 0 unspecified atom stereocenters. The van der Waals surface area contributed by atoms with Crippen LogP contribution in [0.15, 0.2) is 28.9 Å². The van der Waals surface area contributed by atoms with E-state index in [0.717, 1.165) is 17.9 Å². The molecule has 0 aromatic carbocycles. The van der Waals surface area contributed by atoms with Crippen molar-refractivity contribution in [2.75, 3.05) is 6.54 Å². The van der Waals surface area contributed by atoms with Crippen LogP contribution < -0.4 is 5.32 Å². The van der Waals surface area contributed by atoms with Gasteiger partial charge in [0.2, 0.25) is 0 Å². The van der Waals surface area contributed by atoms with Crippen molar-refractivity contribution in [2.45, 2.75) is 40.8 Å². The van der Waals surface area contributed by atoms with Crippen LogP contribution in [0.4, 0.5) is 0 Å². The number of hydrogen-bond acceptors (Lipinski definition) is 6. The van der Waals surface area contributed by atoms with Crippen LogP contribution in [0.1, 0.15) is 34.4 Å². The lowest BCUT2D eigenvalue weighted by molar-refractivity contribution is 0.0953. The molecule has 29 heavy (non-hydrogen) atoms. The quantitative estimate of drug-likeness (QED) is 0.540. The molecule has 0 aliphatic carbocycles. The number of rotatable bonds is 6. The van der Waals surface area contributed by atoms with E-state index < -0.39 is 0 Å². The molecule has 9 nitrogen and oxygen atoms in total. The number of aromatic nitrogens is 6. The maximum absolute atomic E-state index is 13.0. The number of nitrogens with zero attached hydrogens (tertiary/aromatic N) is 6. The van der Waals surface area contributed by atoms with E-state index in [4.69, 9.17) is 4.52 Å². The lowest BCUT2D eigenvalue weighted by Gasteiger charge is -2.09. The monoisotopic (exact) mass is 393 g/mol. The zero-order chi connectivity index (χ0) is 20.5. The zero-order valence-electron chi connectivity index (χ0n) is 16.9. The first-order valence-electron chi connectivity index (χ1n) is 9.56. The maximum Gasteiger partial charge on any atom is 0.259 e. The molecule has 150 valence electrons. The molecule has 0 saturated carbocycles. The predicted molar refractivity (Wildman–Crippen MR) is 107 cm³/mol. The molecule has 0 aliphatic heterocycles. The first-order valence-corrected chi connectivity index (χ1v) is 9.56. The largest absolute Gasteiger partial charge is 0.350 e. The number of pyridine rings is 1. The number of carbonyl (C=O) groups is 1. The number of nitrogens with one attached hydrogen (secondary N) is 1. The summed E-state index contributed by atoms with van der Waals surface area (Å²) in [6, 6.07) is 5.62. The summed E-state index contributed by atoms with van der Waals surface area (Å²) in [4.78, 5) is 17.5. The Morgan fingerprint density at radius 2 is 2.00 bits per heavy atom. The summed E-state index contributed by atoms with van der Waals surface area (Å²) in [7, 11) is 0. The van der Waals surface area contributed by atoms with Gasteiger partial charge in [0.05, 0.1) is 34.6 Å². The third kappa shape index (κ3) is 3.63. The summed E-state index contributed by atoms with van der Waals surface area (Å²) < 4.78 is 9.02. The Kier molecular flexibility index (Phi) is 4.87. The number of amides is 1. The molecule has 4 aromatic heterocycles. The third-order valence-corrected chi connectivity index (χ3v) is 4.80. The van der Waals surface area contributed by atoms with Crippen molar-refractivity contribution in [3.8, 4) is 11.4 Å². The highest BCUT2D eigenvalue weighted by Gasteiger charge is 2.20. The molecular formula is C20H23N7O2. The van der Waals surface area contributed by atoms with Gasteiger partial charge in [-0.2, -0.15) is 10.2 Å². The van der Waals surface area contributed by atoms with Crippen LogP contribution in [0.5, 0.6) is 0 Å². The standard InChI is InChI=1S/C20H23N7O2/c1-5-26-8-6-16(24-26)17-11-15(18-14(4)25-29-20(18)22-17)19(28)21-7-9-27-13(3)10-12(2)23-27/h6,8,10-11H,5,7,9H2,1-4H3,(H,21,28). The molecule has 9 heteroatoms. The second kappa shape index (κ2) is 7.50. The lowest BCUT2D eigenvalue weighted by atomic mass is 10.1. The molecule has 0 atom stereocenters. The van der Waals surface area contributed by atoms with Crippen LogP contribution in [0, 0.1) is 20.8 Å². The van der Waals surface area contributed by atoms with Gasteiger partial charge in [-0.3, -0.25) is 14.2 Å². The Hall–Kier alpha value is -3.49. The Bertz CT molecular complexity index is 1190. The Morgan fingerprint density at radius 1 is 1.17 bits per heavy atom. The number of aryl methyl sites for hydroxylation is 4. The van der Waals surface area contributed by atoms with E-state index in [1.165, 1.54) is 0 Å². The van der Waals surface area contributed by atoms with Crippen LogP contribution in [0.2, 0.25) is 0 Å². The summed E-state index contributed by atoms with van der Waals surface area (Å²) in [5.74, 6) is -0.207. The molecular weight excluding hydrogens is 370 g/mol. The second-order valence-electron chi connectivity index (χ2n) is 6.97. The van der Waals surface area contributed by atoms with Gasteiger partial charge in [-0.05, 0) is 45.9 Å². The minimum absolute atomic E-state index is 0.207. The second-order valence-corrected chi connectivity index (χ2v) is 6.97. The minimum atomic E-state index is -0.207. The molecule has 1 N–H and O–H groups in total. The fourth-order valence-corrected chi connectivity index (χ4v) is 3.35. The van der Waals surface area contributed by atoms with E-state index in [1.807, 2.05) is 43.8 Å². The van der Waals surface area contributed by atoms with E-state index in [-0.39, 0.29) is 5.91 Å². The van der Waals surface area contributed by atoms with Crippen molar-refractivity contribution in [3.05, 3.63) is 47.0 Å². The fourth-order valence-electron chi connectivity index (χ4n) is 3.35. The smallest absolute Gasteiger partial charge is 0.259 e. The van der Waals surface area contributed by atoms with E-state index in [1.54, 1.807) is 17.7 Å². The molecule has 4 aromatic rings. The first kappa shape index (κ1) is 18.9. The highest BCUT2D eigenvalue weighted by molar-refractivity contribution is 6.06. The SMILES string of the molecule is CCn1ccc(-c2cc(C(=O)NCCn3nc(C)cc3C)c3c(C)noc3n2)n1. The number of fused-ring (bicyclic) bond motifs is 1. The molecule has 4 rings (SSSR count). The number of hydrogen-bond donors (Lipinski definition) is 1. The molecule has 0 aliphatic rings. The zero-order valence-corrected chi connectivity index (χ0v) is 16.9. The van der Waals surface area contributed by atoms with Crippen molar-refractivity contribution in [1.29, 1.82) is 0 Å². The molecule has 0 radical (unpaired) electrons. The van der Waals surface area contributed by atoms with Crippen LogP contribution in [-0.4, -0.2) is 42.2 Å². The lowest BCUT2D eigenvalue weighted by Crippen LogP contribution is -2.28. The van der Waals surface area contributed by atoms with E-state index in [9.17, 15) is 4.79 Å². The van der Waals surface area contributed by atoms with Crippen molar-refractivity contribution >= 4 is 17.0 Å². The Morgan fingerprint density at radius 3 is 2.69 bits per heavy atom. The Balaban J connectivity index is 1.61. The van der Waals surface area contributed by atoms with Gasteiger partial charge in [0.15, 0.2) is 0 Å². The van der Waals surface area contributed by atoms with Crippen molar-refractivity contribution in [1.82, 2.24) is 35.0 Å². The van der Waals surface area contributed by atoms with Crippen LogP contribution in [-0.2, 0) is 13.1 Å². The topological polar surface area (TPSA) is 104 Å². The van der Waals surface area contributed by atoms with Crippen LogP contribution in [0.25, 0.3) is 22.5 Å². The van der Waals surface area contributed by atoms with Gasteiger partial charge in [-0.25, -0.2) is 4.98 Å². The van der Waals surface area contributed by atoms with Gasteiger partial charge < -0.3 is 9.84 Å². The van der Waals surface area contributed by atoms with Crippen molar-refractivity contribution < 1.29 is 9.32 Å². The first-order chi connectivity index (χ1) is 14.0. The van der Waals surface area contributed by atoms with E-state index in [0.29, 0.717) is 46.8 Å². The molecule has 1 amide bonds. The summed E-state index contributed by atoms with van der Waals surface area (Å²) in [6.07, 6.45) is 1.88. The Labute approximate surface area is 167 Å². The van der Waals surface area contributed by atoms with Crippen LogP contribution >= 0.6 is 0 Å². The normalized spacial score (nSPS) is 11.3. The fraction of sp³-hybridized carbons (Fsp3) is 0.350. The summed E-state index contributed by atoms with van der Waals surface area (Å²) in [6.45, 7) is 9.55. The molecule has 0 saturated heterocycles. The maximum atomic E-state index is 13.0. The van der Waals surface area contributed by atoms with Crippen molar-refractivity contribution in [3.63, 3.8) is 0 Å². The van der Waals surface area contributed by atoms with Gasteiger partial charge in [0.25, 0.3) is 11.6 Å². The highest BCUT2D eigenvalue weighted by Crippen LogP contribution is 2.26. The van der Waals surface area contributed by atoms with E-state index in [2.05, 4.69) is 25.7 Å². The van der Waals surface area contributed by atoms with Gasteiger partial charge in [0, 0.05) is 25.0 Å². The average Bonchev–Trinajstić information content (AvgIpc) is 3.40. The van der Waals surface area contributed by atoms with E-state index >= 15 is 0 Å². The summed E-state index contributed by atoms with van der Waals surface area (Å²) in [5.41, 5.74) is 4.71. The third-order valence-electron chi connectivity index (χ3n) is 4.80. The highest BCUT2D eigenvalue weighted by atomic mass is 16.5. The molecule has 0 spiro atoms. The summed E-state index contributed by atoms with van der Waals surface area (Å²) >= 11 is 0. The van der Waals surface area contributed by atoms with Gasteiger partial charge in [0.1, 0.15) is 5.69 Å². The van der Waals surface area contributed by atoms with Gasteiger partial charge in [-0.15, -0.1) is 0 Å². The molecule has 0 fully saturated rings. The van der Waals surface area contributed by atoms with Gasteiger partial charge >= 0.3 is 0 Å².